The molecule has 0 aromatic rings. The molecule has 156 valence electrons. The van der Waals surface area contributed by atoms with E-state index >= 15 is 0 Å². The Bertz CT molecular complexity index is 731. The second-order valence-corrected chi connectivity index (χ2v) is 32.8. The molecular formula is C24H40O2SiZr. The van der Waals surface area contributed by atoms with Crippen molar-refractivity contribution in [3.63, 3.8) is 0 Å². The van der Waals surface area contributed by atoms with Gasteiger partial charge in [-0.05, 0) is 0 Å². The second-order valence-electron chi connectivity index (χ2n) is 8.49. The number of allylic oxidation sites excluding steroid dienone is 12. The Labute approximate surface area is 178 Å². The van der Waals surface area contributed by atoms with Crippen LogP contribution in [0.3, 0.4) is 0 Å². The van der Waals surface area contributed by atoms with Crippen molar-refractivity contribution in [1.29, 1.82) is 0 Å². The first-order valence-corrected chi connectivity index (χ1v) is 21.1. The maximum Gasteiger partial charge on any atom is 0.0319 e. The minimum absolute atomic E-state index is 0.244. The monoisotopic (exact) mass is 478 g/mol. The van der Waals surface area contributed by atoms with Gasteiger partial charge in [-0.1, -0.05) is 0 Å². The predicted octanol–water partition coefficient (Wildman–Crippen LogP) is 5.68. The number of aliphatic hydroxyl groups excluding tert-OH is 2. The molecular weight excluding hydrogens is 440 g/mol. The number of hydrogen-bond acceptors (Lipinski definition) is 2. The zero-order valence-electron chi connectivity index (χ0n) is 19.4. The van der Waals surface area contributed by atoms with Crippen LogP contribution in [0.1, 0.15) is 47.5 Å². The van der Waals surface area contributed by atoms with Gasteiger partial charge in [0, 0.05) is 14.2 Å². The van der Waals surface area contributed by atoms with E-state index in [1.54, 1.807) is 16.7 Å². The minimum Gasteiger partial charge on any atom is -0.400 e. The molecule has 0 amide bonds. The summed E-state index contributed by atoms with van der Waals surface area (Å²) >= 11 is -2.79. The van der Waals surface area contributed by atoms with E-state index in [9.17, 15) is 0 Å². The van der Waals surface area contributed by atoms with Gasteiger partial charge in [0.2, 0.25) is 0 Å². The first-order valence-electron chi connectivity index (χ1n) is 10.3. The molecule has 0 fully saturated rings. The molecule has 0 unspecified atom stereocenters. The molecule has 4 heteroatoms. The van der Waals surface area contributed by atoms with Crippen molar-refractivity contribution in [2.75, 3.05) is 14.2 Å². The number of rotatable bonds is 4. The molecule has 0 atom stereocenters. The Morgan fingerprint density at radius 1 is 0.821 bits per heavy atom. The second kappa shape index (κ2) is 10.5. The molecule has 0 bridgehead atoms. The van der Waals surface area contributed by atoms with Gasteiger partial charge in [-0.2, -0.15) is 0 Å². The normalized spacial score (nSPS) is 20.1. The maximum atomic E-state index is 7.00. The van der Waals surface area contributed by atoms with Crippen molar-refractivity contribution in [2.45, 2.75) is 60.6 Å². The van der Waals surface area contributed by atoms with Crippen LogP contribution < -0.4 is 0 Å². The van der Waals surface area contributed by atoms with E-state index in [1.807, 2.05) is 9.84 Å². The third-order valence-corrected chi connectivity index (χ3v) is 38.7. The molecule has 0 heterocycles. The van der Waals surface area contributed by atoms with Crippen LogP contribution >= 0.6 is 0 Å². The van der Waals surface area contributed by atoms with Crippen molar-refractivity contribution in [3.05, 3.63) is 63.0 Å². The van der Waals surface area contributed by atoms with Crippen LogP contribution in [-0.4, -0.2) is 30.4 Å². The molecule has 2 N–H and O–H groups in total. The van der Waals surface area contributed by atoms with E-state index in [2.05, 4.69) is 84.2 Å². The zero-order chi connectivity index (χ0) is 21.7. The largest absolute Gasteiger partial charge is 0.400 e. The fourth-order valence-corrected chi connectivity index (χ4v) is 39.9. The van der Waals surface area contributed by atoms with Crippen LogP contribution in [0.4, 0.5) is 0 Å². The molecule has 0 aliphatic heterocycles. The molecule has 0 aromatic heterocycles. The van der Waals surface area contributed by atoms with E-state index in [-0.39, 0.29) is 5.41 Å². The van der Waals surface area contributed by atoms with Gasteiger partial charge in [0.05, 0.1) is 0 Å². The van der Waals surface area contributed by atoms with Crippen LogP contribution in [0.25, 0.3) is 0 Å². The molecule has 3 rings (SSSR count). The Kier molecular flexibility index (Phi) is 9.54. The molecule has 0 spiro atoms. The number of aliphatic hydroxyl groups is 2. The summed E-state index contributed by atoms with van der Waals surface area (Å²) in [5, 5.41) is 14.0. The third kappa shape index (κ3) is 4.03. The molecule has 3 aliphatic carbocycles. The van der Waals surface area contributed by atoms with Crippen LogP contribution in [0, 0.1) is 5.41 Å². The predicted molar refractivity (Wildman–Crippen MR) is 124 cm³/mol. The van der Waals surface area contributed by atoms with Gasteiger partial charge in [-0.25, -0.2) is 0 Å². The molecule has 0 saturated heterocycles. The van der Waals surface area contributed by atoms with Crippen molar-refractivity contribution in [3.8, 4) is 0 Å². The molecule has 0 aromatic carbocycles. The summed E-state index contributed by atoms with van der Waals surface area (Å²) in [6, 6.07) is 0. The van der Waals surface area contributed by atoms with Crippen LogP contribution in [-0.2, 0) is 19.4 Å². The van der Waals surface area contributed by atoms with Gasteiger partial charge in [-0.15, -0.1) is 0 Å². The summed E-state index contributed by atoms with van der Waals surface area (Å²) in [4.78, 5) is 0. The first-order chi connectivity index (χ1) is 13.3. The van der Waals surface area contributed by atoms with Gasteiger partial charge < -0.3 is 10.2 Å². The standard InChI is InChI=1S/C10H15.2C5H5.C2H7Si.2CH4O.Zr/c1-7-6-10(4,5)9(3)8(7)2;2*1-2-4-5-3-1;1-3-2;2*1-2;/h1-5H3;2*1-3H,4H2;3H,1-2H3;2*2H,1H3;. The topological polar surface area (TPSA) is 40.5 Å². The summed E-state index contributed by atoms with van der Waals surface area (Å²) in [6.07, 6.45) is 16.9. The Hall–Kier alpha value is -0.540. The quantitative estimate of drug-likeness (QED) is 0.509. The average Bonchev–Trinajstić information content (AvgIpc) is 3.43. The van der Waals surface area contributed by atoms with Crippen LogP contribution in [0.15, 0.2) is 63.0 Å². The van der Waals surface area contributed by atoms with E-state index in [0.717, 1.165) is 14.2 Å². The van der Waals surface area contributed by atoms with Gasteiger partial charge in [-0.3, -0.25) is 0 Å². The average molecular weight is 480 g/mol. The van der Waals surface area contributed by atoms with Crippen molar-refractivity contribution < 1.29 is 29.6 Å². The minimum atomic E-state index is -2.79. The van der Waals surface area contributed by atoms with Crippen molar-refractivity contribution >= 4 is 5.92 Å². The van der Waals surface area contributed by atoms with Crippen molar-refractivity contribution in [1.82, 2.24) is 0 Å². The summed E-state index contributed by atoms with van der Waals surface area (Å²) in [6.45, 7) is 17.5. The summed E-state index contributed by atoms with van der Waals surface area (Å²) < 4.78 is 5.62. The van der Waals surface area contributed by atoms with Gasteiger partial charge in [0.1, 0.15) is 0 Å². The Morgan fingerprint density at radius 3 is 1.50 bits per heavy atom. The van der Waals surface area contributed by atoms with Gasteiger partial charge in [0.25, 0.3) is 0 Å². The van der Waals surface area contributed by atoms with Crippen LogP contribution in [0.2, 0.25) is 13.1 Å². The molecule has 0 saturated carbocycles. The van der Waals surface area contributed by atoms with Crippen molar-refractivity contribution in [2.24, 2.45) is 5.41 Å². The van der Waals surface area contributed by atoms with Gasteiger partial charge >= 0.3 is 154 Å². The Balaban J connectivity index is 0.000000921. The molecule has 0 radical (unpaired) electrons. The third-order valence-electron chi connectivity index (χ3n) is 6.88. The van der Waals surface area contributed by atoms with E-state index in [4.69, 9.17) is 10.2 Å². The fourth-order valence-electron chi connectivity index (χ4n) is 5.42. The van der Waals surface area contributed by atoms with E-state index < -0.39 is 25.4 Å². The molecule has 3 aliphatic rings. The summed E-state index contributed by atoms with van der Waals surface area (Å²) in [7, 11) is 2.00. The summed E-state index contributed by atoms with van der Waals surface area (Å²) in [5.41, 5.74) is 5.08. The first kappa shape index (κ1) is 25.5. The fraction of sp³-hybridized carbons (Fsp3) is 0.500. The van der Waals surface area contributed by atoms with E-state index in [1.165, 1.54) is 12.8 Å². The van der Waals surface area contributed by atoms with Crippen LogP contribution in [0.5, 0.6) is 0 Å². The molecule has 2 nitrogen and oxygen atoms in total. The molecule has 28 heavy (non-hydrogen) atoms. The maximum absolute atomic E-state index is 7.00. The Morgan fingerprint density at radius 2 is 1.25 bits per heavy atom. The van der Waals surface area contributed by atoms with Gasteiger partial charge in [0.15, 0.2) is 0 Å². The zero-order valence-corrected chi connectivity index (χ0v) is 23.0. The smallest absolute Gasteiger partial charge is 0.0319 e. The van der Waals surface area contributed by atoms with E-state index in [0.29, 0.717) is 0 Å². The number of hydrogen-bond donors (Lipinski definition) is 2. The summed E-state index contributed by atoms with van der Waals surface area (Å²) in [5.74, 6) is -0.847. The SMILES string of the molecule is CC1=C(C)C(C)(C)[C]([Zr]([C]2=CC=CC2)([C]2=CC=CC2)[SiH](C)C)=C1C.CO.CO.